The summed E-state index contributed by atoms with van der Waals surface area (Å²) in [6.07, 6.45) is -1.42. The lowest BCUT2D eigenvalue weighted by Gasteiger charge is -2.12. The number of carboxylic acids is 1. The fraction of sp³-hybridized carbons (Fsp3) is 0.182. The molecule has 0 spiro atoms. The van der Waals surface area contributed by atoms with Crippen LogP contribution < -0.4 is 0 Å². The van der Waals surface area contributed by atoms with Crippen LogP contribution >= 0.6 is 0 Å². The van der Waals surface area contributed by atoms with E-state index in [9.17, 15) is 14.7 Å². The monoisotopic (exact) mass is 219 g/mol. The Morgan fingerprint density at radius 1 is 1.56 bits per heavy atom. The summed E-state index contributed by atoms with van der Waals surface area (Å²) in [6, 6.07) is 4.68. The van der Waals surface area contributed by atoms with E-state index >= 15 is 0 Å². The second kappa shape index (κ2) is 4.55. The van der Waals surface area contributed by atoms with Gasteiger partial charge in [0.2, 0.25) is 0 Å². The zero-order valence-corrected chi connectivity index (χ0v) is 8.47. The molecule has 0 aliphatic carbocycles. The topological polar surface area (TPSA) is 98.4 Å². The van der Waals surface area contributed by atoms with Crippen molar-refractivity contribution in [1.29, 1.82) is 5.26 Å². The summed E-state index contributed by atoms with van der Waals surface area (Å²) in [6.45, 7) is 1.57. The van der Waals surface area contributed by atoms with Gasteiger partial charge in [-0.1, -0.05) is 6.07 Å². The first kappa shape index (κ1) is 11.9. The molecule has 0 aliphatic heterocycles. The smallest absolute Gasteiger partial charge is 0.337 e. The number of aliphatic hydroxyl groups excluding tert-OH is 1. The number of aryl methyl sites for hydroxylation is 1. The molecule has 0 aromatic heterocycles. The molecule has 5 heteroatoms. The molecule has 0 bridgehead atoms. The number of nitrogens with zero attached hydrogens (tertiary/aromatic N) is 1. The van der Waals surface area contributed by atoms with Gasteiger partial charge < -0.3 is 10.2 Å². The normalized spacial score (nSPS) is 11.6. The first-order chi connectivity index (χ1) is 7.52. The van der Waals surface area contributed by atoms with Gasteiger partial charge in [0.15, 0.2) is 12.4 Å². The molecule has 0 saturated heterocycles. The highest BCUT2D eigenvalue weighted by atomic mass is 16.4. The quantitative estimate of drug-likeness (QED) is 0.732. The summed E-state index contributed by atoms with van der Waals surface area (Å²) in [4.78, 5) is 21.5. The van der Waals surface area contributed by atoms with Crippen LogP contribution in [0, 0.1) is 18.3 Å². The van der Waals surface area contributed by atoms with Gasteiger partial charge in [0.25, 0.3) is 0 Å². The first-order valence-corrected chi connectivity index (χ1v) is 4.42. The lowest BCUT2D eigenvalue weighted by molar-refractivity contribution is -0.147. The number of carbonyl (C=O) groups is 2. The van der Waals surface area contributed by atoms with Gasteiger partial charge in [-0.25, -0.2) is 4.79 Å². The fourth-order valence-electron chi connectivity index (χ4n) is 1.46. The van der Waals surface area contributed by atoms with Crippen molar-refractivity contribution in [3.8, 4) is 6.07 Å². The molecule has 82 valence electrons. The van der Waals surface area contributed by atoms with Crippen LogP contribution in [0.1, 0.15) is 33.2 Å². The zero-order valence-electron chi connectivity index (χ0n) is 8.47. The van der Waals surface area contributed by atoms with Crippen LogP contribution in [-0.2, 0) is 4.79 Å². The van der Waals surface area contributed by atoms with Gasteiger partial charge in [-0.05, 0) is 18.6 Å². The first-order valence-electron chi connectivity index (χ1n) is 4.42. The minimum atomic E-state index is -1.80. The van der Waals surface area contributed by atoms with Crippen molar-refractivity contribution < 1.29 is 19.8 Å². The second-order valence-electron chi connectivity index (χ2n) is 3.23. The third-order valence-corrected chi connectivity index (χ3v) is 2.25. The van der Waals surface area contributed by atoms with Crippen molar-refractivity contribution in [3.63, 3.8) is 0 Å². The van der Waals surface area contributed by atoms with E-state index in [0.717, 1.165) is 0 Å². The lowest BCUT2D eigenvalue weighted by atomic mass is 9.94. The van der Waals surface area contributed by atoms with Crippen LogP contribution in [0.3, 0.4) is 0 Å². The summed E-state index contributed by atoms with van der Waals surface area (Å²) in [5.41, 5.74) is 0.408. The molecule has 5 nitrogen and oxygen atoms in total. The highest BCUT2D eigenvalue weighted by Gasteiger charge is 2.23. The molecule has 1 atom stereocenters. The molecular formula is C11H9NO4. The number of hydrogen-bond acceptors (Lipinski definition) is 4. The molecular weight excluding hydrogens is 210 g/mol. The molecule has 1 aromatic rings. The predicted molar refractivity (Wildman–Crippen MR) is 53.9 cm³/mol. The summed E-state index contributed by atoms with van der Waals surface area (Å²) in [7, 11) is 0. The fourth-order valence-corrected chi connectivity index (χ4v) is 1.46. The molecule has 1 rings (SSSR count). The van der Waals surface area contributed by atoms with E-state index < -0.39 is 12.1 Å². The summed E-state index contributed by atoms with van der Waals surface area (Å²) < 4.78 is 0. The molecule has 1 aromatic carbocycles. The summed E-state index contributed by atoms with van der Waals surface area (Å²) >= 11 is 0. The molecule has 0 aliphatic rings. The van der Waals surface area contributed by atoms with Gasteiger partial charge in [-0.15, -0.1) is 0 Å². The van der Waals surface area contributed by atoms with Gasteiger partial charge in [0, 0.05) is 11.1 Å². The largest absolute Gasteiger partial charge is 0.479 e. The van der Waals surface area contributed by atoms with Crippen LogP contribution in [0.2, 0.25) is 0 Å². The number of benzene rings is 1. The molecule has 0 saturated carbocycles. The standard InChI is InChI=1S/C11H9NO4/c1-6-2-3-7(4-12)8(5-13)9(6)10(14)11(15)16/h2-3,5,10,14H,1H3,(H,15,16). The minimum absolute atomic E-state index is 0.0263. The number of aliphatic hydroxyl groups is 1. The predicted octanol–water partition coefficient (Wildman–Crippen LogP) is 0.797. The maximum absolute atomic E-state index is 10.8. The number of carboxylic acid groups (broad SMARTS) is 1. The highest BCUT2D eigenvalue weighted by Crippen LogP contribution is 2.24. The summed E-state index contributed by atoms with van der Waals surface area (Å²) in [5.74, 6) is -1.46. The van der Waals surface area contributed by atoms with Crippen LogP contribution in [0.15, 0.2) is 12.1 Å². The number of nitriles is 1. The molecule has 2 N–H and O–H groups in total. The van der Waals surface area contributed by atoms with E-state index in [1.165, 1.54) is 12.1 Å². The van der Waals surface area contributed by atoms with E-state index in [-0.39, 0.29) is 16.7 Å². The maximum atomic E-state index is 10.8. The second-order valence-corrected chi connectivity index (χ2v) is 3.23. The molecule has 0 radical (unpaired) electrons. The number of rotatable bonds is 3. The molecule has 16 heavy (non-hydrogen) atoms. The number of hydrogen-bond donors (Lipinski definition) is 2. The van der Waals surface area contributed by atoms with Gasteiger partial charge in [-0.3, -0.25) is 4.79 Å². The average molecular weight is 219 g/mol. The van der Waals surface area contributed by atoms with Crippen LogP contribution in [0.5, 0.6) is 0 Å². The van der Waals surface area contributed by atoms with Gasteiger partial charge in [0.05, 0.1) is 11.6 Å². The van der Waals surface area contributed by atoms with Crippen LogP contribution in [0.4, 0.5) is 0 Å². The van der Waals surface area contributed by atoms with Crippen molar-refractivity contribution >= 4 is 12.3 Å². The van der Waals surface area contributed by atoms with Crippen LogP contribution in [0.25, 0.3) is 0 Å². The Morgan fingerprint density at radius 3 is 2.62 bits per heavy atom. The van der Waals surface area contributed by atoms with Crippen molar-refractivity contribution in [2.24, 2.45) is 0 Å². The minimum Gasteiger partial charge on any atom is -0.479 e. The van der Waals surface area contributed by atoms with E-state index in [2.05, 4.69) is 0 Å². The lowest BCUT2D eigenvalue weighted by Crippen LogP contribution is -2.15. The Labute approximate surface area is 91.6 Å². The number of aldehydes is 1. The Hall–Kier alpha value is -2.19. The van der Waals surface area contributed by atoms with Crippen molar-refractivity contribution in [3.05, 3.63) is 34.4 Å². The highest BCUT2D eigenvalue weighted by molar-refractivity contribution is 5.86. The maximum Gasteiger partial charge on any atom is 0.337 e. The third kappa shape index (κ3) is 1.92. The van der Waals surface area contributed by atoms with E-state index in [0.29, 0.717) is 11.8 Å². The molecule has 0 fully saturated rings. The van der Waals surface area contributed by atoms with Gasteiger partial charge >= 0.3 is 5.97 Å². The average Bonchev–Trinajstić information content (AvgIpc) is 2.27. The zero-order chi connectivity index (χ0) is 12.3. The SMILES string of the molecule is Cc1ccc(C#N)c(C=O)c1C(O)C(=O)O. The Balaban J connectivity index is 3.53. The van der Waals surface area contributed by atoms with Gasteiger partial charge in [-0.2, -0.15) is 5.26 Å². The van der Waals surface area contributed by atoms with E-state index in [4.69, 9.17) is 10.4 Å². The Kier molecular flexibility index (Phi) is 3.38. The number of carbonyl (C=O) groups excluding carboxylic acids is 1. The van der Waals surface area contributed by atoms with Gasteiger partial charge in [0.1, 0.15) is 0 Å². The van der Waals surface area contributed by atoms with E-state index in [1.54, 1.807) is 13.0 Å². The van der Waals surface area contributed by atoms with Crippen LogP contribution in [-0.4, -0.2) is 22.5 Å². The Morgan fingerprint density at radius 2 is 2.19 bits per heavy atom. The molecule has 0 amide bonds. The molecule has 0 heterocycles. The third-order valence-electron chi connectivity index (χ3n) is 2.25. The number of aliphatic carboxylic acids is 1. The van der Waals surface area contributed by atoms with Crippen molar-refractivity contribution in [1.82, 2.24) is 0 Å². The van der Waals surface area contributed by atoms with Crippen molar-refractivity contribution in [2.75, 3.05) is 0 Å². The molecule has 1 unspecified atom stereocenters. The Bertz CT molecular complexity index is 487. The van der Waals surface area contributed by atoms with Crippen molar-refractivity contribution in [2.45, 2.75) is 13.0 Å². The summed E-state index contributed by atoms with van der Waals surface area (Å²) in [5, 5.41) is 26.9. The van der Waals surface area contributed by atoms with E-state index in [1.807, 2.05) is 0 Å².